The summed E-state index contributed by atoms with van der Waals surface area (Å²) in [4.78, 5) is 0. The molecule has 0 aromatic heterocycles. The Hall–Kier alpha value is -0.120. The van der Waals surface area contributed by atoms with Gasteiger partial charge in [-0.3, -0.25) is 0 Å². The van der Waals surface area contributed by atoms with Crippen LogP contribution >= 0.6 is 0 Å². The second-order valence-corrected chi connectivity index (χ2v) is 1.96. The van der Waals surface area contributed by atoms with Gasteiger partial charge in [0.15, 0.2) is 0 Å². The maximum Gasteiger partial charge on any atom is 0.0951 e. The molecule has 1 aliphatic carbocycles. The summed E-state index contributed by atoms with van der Waals surface area (Å²) in [5, 5.41) is 17.2. The minimum absolute atomic E-state index is 0.185. The highest BCUT2D eigenvalue weighted by atomic mass is 16.3. The molecule has 3 atom stereocenters. The van der Waals surface area contributed by atoms with Crippen LogP contribution < -0.4 is 5.73 Å². The third-order valence-corrected chi connectivity index (χ3v) is 1.35. The van der Waals surface area contributed by atoms with E-state index < -0.39 is 12.2 Å². The van der Waals surface area contributed by atoms with Gasteiger partial charge in [-0.1, -0.05) is 0 Å². The molecule has 0 heterocycles. The maximum atomic E-state index is 8.61. The number of hydrogen-bond donors (Lipinski definition) is 3. The van der Waals surface area contributed by atoms with Crippen LogP contribution in [0, 0.1) is 0 Å². The first-order valence-electron chi connectivity index (χ1n) is 2.33. The van der Waals surface area contributed by atoms with Crippen LogP contribution in [0.4, 0.5) is 0 Å². The molecule has 42 valence electrons. The van der Waals surface area contributed by atoms with Crippen molar-refractivity contribution in [3.63, 3.8) is 0 Å². The molecule has 1 aliphatic rings. The Morgan fingerprint density at radius 1 is 1.43 bits per heavy atom. The van der Waals surface area contributed by atoms with Crippen LogP contribution in [0.1, 0.15) is 6.42 Å². The molecule has 0 bridgehead atoms. The number of nitrogens with two attached hydrogens (primary N) is 1. The monoisotopic (exact) mass is 103 g/mol. The van der Waals surface area contributed by atoms with Gasteiger partial charge in [-0.05, 0) is 6.42 Å². The fraction of sp³-hybridized carbons (Fsp3) is 1.00. The molecule has 3 heteroatoms. The van der Waals surface area contributed by atoms with Gasteiger partial charge in [0, 0.05) is 6.04 Å². The lowest BCUT2D eigenvalue weighted by molar-refractivity contribution is -0.0685. The Labute approximate surface area is 41.8 Å². The fourth-order valence-corrected chi connectivity index (χ4v) is 0.647. The van der Waals surface area contributed by atoms with Crippen LogP contribution in [-0.4, -0.2) is 28.5 Å². The second-order valence-electron chi connectivity index (χ2n) is 1.96. The van der Waals surface area contributed by atoms with Crippen molar-refractivity contribution in [3.05, 3.63) is 0 Å². The minimum atomic E-state index is -0.667. The molecule has 0 aliphatic heterocycles. The van der Waals surface area contributed by atoms with E-state index in [1.54, 1.807) is 0 Å². The Morgan fingerprint density at radius 3 is 2.00 bits per heavy atom. The zero-order chi connectivity index (χ0) is 5.44. The van der Waals surface area contributed by atoms with Crippen molar-refractivity contribution in [1.29, 1.82) is 0 Å². The van der Waals surface area contributed by atoms with Crippen LogP contribution in [0.3, 0.4) is 0 Å². The summed E-state index contributed by atoms with van der Waals surface area (Å²) in [7, 11) is 0. The Kier molecular flexibility index (Phi) is 1.03. The van der Waals surface area contributed by atoms with Crippen LogP contribution in [-0.2, 0) is 0 Å². The zero-order valence-electron chi connectivity index (χ0n) is 3.91. The molecule has 0 saturated heterocycles. The Morgan fingerprint density at radius 2 is 2.00 bits per heavy atom. The molecule has 1 saturated carbocycles. The van der Waals surface area contributed by atoms with E-state index in [9.17, 15) is 0 Å². The molecule has 0 aromatic carbocycles. The summed E-state index contributed by atoms with van der Waals surface area (Å²) in [5.74, 6) is 0. The van der Waals surface area contributed by atoms with Gasteiger partial charge in [0.1, 0.15) is 0 Å². The van der Waals surface area contributed by atoms with Gasteiger partial charge in [0.25, 0.3) is 0 Å². The van der Waals surface area contributed by atoms with Gasteiger partial charge in [0.2, 0.25) is 0 Å². The quantitative estimate of drug-likeness (QED) is 0.347. The van der Waals surface area contributed by atoms with Crippen LogP contribution in [0.5, 0.6) is 0 Å². The third kappa shape index (κ3) is 0.627. The minimum Gasteiger partial charge on any atom is -0.390 e. The van der Waals surface area contributed by atoms with Gasteiger partial charge in [-0.25, -0.2) is 0 Å². The standard InChI is InChI=1S/C4H9NO2/c5-2-1-3(6)4(2)7/h2-4,6-7H,1,5H2. The lowest BCUT2D eigenvalue weighted by atomic mass is 9.87. The van der Waals surface area contributed by atoms with E-state index in [1.165, 1.54) is 0 Å². The molecule has 7 heavy (non-hydrogen) atoms. The van der Waals surface area contributed by atoms with Crippen molar-refractivity contribution in [2.75, 3.05) is 0 Å². The number of hydrogen-bond acceptors (Lipinski definition) is 3. The summed E-state index contributed by atoms with van der Waals surface area (Å²) < 4.78 is 0. The first-order chi connectivity index (χ1) is 3.22. The lowest BCUT2D eigenvalue weighted by Gasteiger charge is -2.34. The normalized spacial score (nSPS) is 51.0. The second kappa shape index (κ2) is 1.43. The first-order valence-corrected chi connectivity index (χ1v) is 2.33. The van der Waals surface area contributed by atoms with Gasteiger partial charge in [-0.2, -0.15) is 0 Å². The zero-order valence-corrected chi connectivity index (χ0v) is 3.91. The largest absolute Gasteiger partial charge is 0.390 e. The van der Waals surface area contributed by atoms with E-state index in [0.717, 1.165) is 0 Å². The molecular formula is C4H9NO2. The average molecular weight is 103 g/mol. The van der Waals surface area contributed by atoms with Gasteiger partial charge in [0.05, 0.1) is 12.2 Å². The molecule has 3 unspecified atom stereocenters. The van der Waals surface area contributed by atoms with Gasteiger partial charge >= 0.3 is 0 Å². The highest BCUT2D eigenvalue weighted by Crippen LogP contribution is 2.17. The fourth-order valence-electron chi connectivity index (χ4n) is 0.647. The van der Waals surface area contributed by atoms with Crippen LogP contribution in [0.2, 0.25) is 0 Å². The number of aliphatic hydroxyl groups is 2. The van der Waals surface area contributed by atoms with Crippen molar-refractivity contribution in [3.8, 4) is 0 Å². The maximum absolute atomic E-state index is 8.61. The highest BCUT2D eigenvalue weighted by Gasteiger charge is 2.35. The van der Waals surface area contributed by atoms with Crippen molar-refractivity contribution in [1.82, 2.24) is 0 Å². The van der Waals surface area contributed by atoms with Crippen LogP contribution in [0.15, 0.2) is 0 Å². The summed E-state index contributed by atoms with van der Waals surface area (Å²) in [5.41, 5.74) is 5.20. The predicted molar refractivity (Wildman–Crippen MR) is 24.6 cm³/mol. The Bertz CT molecular complexity index is 68.1. The van der Waals surface area contributed by atoms with Crippen LogP contribution in [0.25, 0.3) is 0 Å². The van der Waals surface area contributed by atoms with Crippen molar-refractivity contribution >= 4 is 0 Å². The van der Waals surface area contributed by atoms with Gasteiger partial charge < -0.3 is 15.9 Å². The molecular weight excluding hydrogens is 94.0 g/mol. The molecule has 0 aromatic rings. The van der Waals surface area contributed by atoms with E-state index in [0.29, 0.717) is 6.42 Å². The molecule has 0 radical (unpaired) electrons. The first kappa shape index (κ1) is 5.03. The molecule has 0 spiro atoms. The number of aliphatic hydroxyl groups excluding tert-OH is 2. The topological polar surface area (TPSA) is 66.5 Å². The summed E-state index contributed by atoms with van der Waals surface area (Å²) in [6.07, 6.45) is -0.684. The van der Waals surface area contributed by atoms with Crippen molar-refractivity contribution < 1.29 is 10.2 Å². The average Bonchev–Trinajstić information content (AvgIpc) is 1.68. The van der Waals surface area contributed by atoms with Crippen molar-refractivity contribution in [2.24, 2.45) is 5.73 Å². The molecule has 4 N–H and O–H groups in total. The highest BCUT2D eigenvalue weighted by molar-refractivity contribution is 4.91. The van der Waals surface area contributed by atoms with E-state index in [-0.39, 0.29) is 6.04 Å². The molecule has 0 amide bonds. The van der Waals surface area contributed by atoms with E-state index in [1.807, 2.05) is 0 Å². The summed E-state index contributed by atoms with van der Waals surface area (Å²) in [6, 6.07) is -0.185. The summed E-state index contributed by atoms with van der Waals surface area (Å²) in [6.45, 7) is 0. The third-order valence-electron chi connectivity index (χ3n) is 1.35. The molecule has 3 nitrogen and oxygen atoms in total. The number of rotatable bonds is 0. The predicted octanol–water partition coefficient (Wildman–Crippen LogP) is -1.56. The van der Waals surface area contributed by atoms with E-state index in [4.69, 9.17) is 15.9 Å². The smallest absolute Gasteiger partial charge is 0.0951 e. The van der Waals surface area contributed by atoms with Crippen molar-refractivity contribution in [2.45, 2.75) is 24.7 Å². The van der Waals surface area contributed by atoms with E-state index in [2.05, 4.69) is 0 Å². The van der Waals surface area contributed by atoms with E-state index >= 15 is 0 Å². The SMILES string of the molecule is NC1CC(O)C1O. The molecule has 1 fully saturated rings. The molecule has 1 rings (SSSR count). The Balaban J connectivity index is 2.29. The summed E-state index contributed by atoms with van der Waals surface area (Å²) >= 11 is 0. The van der Waals surface area contributed by atoms with Gasteiger partial charge in [-0.15, -0.1) is 0 Å². The lowest BCUT2D eigenvalue weighted by Crippen LogP contribution is -2.55.